The highest BCUT2D eigenvalue weighted by Crippen LogP contribution is 2.16. The number of hydrogen-bond acceptors (Lipinski definition) is 3. The molecular formula is C20H26FIN4O. The second-order valence-electron chi connectivity index (χ2n) is 6.23. The molecule has 1 aliphatic rings. The van der Waals surface area contributed by atoms with Crippen molar-refractivity contribution in [3.05, 3.63) is 66.0 Å². The maximum atomic E-state index is 13.0. The maximum Gasteiger partial charge on any atom is 0.191 e. The van der Waals surface area contributed by atoms with Crippen LogP contribution in [0.15, 0.2) is 59.6 Å². The lowest BCUT2D eigenvalue weighted by molar-refractivity contribution is 0.128. The number of rotatable bonds is 6. The van der Waals surface area contributed by atoms with Gasteiger partial charge in [0.1, 0.15) is 5.82 Å². The standard InChI is InChI=1S/C20H25FN4O.HI/c21-18-6-8-19(9-7-18)24-11-13-25(14-12-24)20(22)23-10-15-26-16-17-4-2-1-3-5-17;/h1-9H,10-16H2,(H2,22,23);1H. The molecule has 27 heavy (non-hydrogen) atoms. The Bertz CT molecular complexity index is 704. The minimum Gasteiger partial charge on any atom is -0.375 e. The van der Waals surface area contributed by atoms with E-state index in [0.29, 0.717) is 25.7 Å². The number of piperazine rings is 1. The van der Waals surface area contributed by atoms with Crippen molar-refractivity contribution in [3.63, 3.8) is 0 Å². The second kappa shape index (κ2) is 11.1. The first-order chi connectivity index (χ1) is 12.7. The molecule has 0 aromatic heterocycles. The number of anilines is 1. The highest BCUT2D eigenvalue weighted by atomic mass is 127. The fraction of sp³-hybridized carbons (Fsp3) is 0.350. The van der Waals surface area contributed by atoms with Gasteiger partial charge in [-0.15, -0.1) is 24.0 Å². The summed E-state index contributed by atoms with van der Waals surface area (Å²) in [5.41, 5.74) is 8.29. The molecule has 2 N–H and O–H groups in total. The molecule has 146 valence electrons. The summed E-state index contributed by atoms with van der Waals surface area (Å²) in [5.74, 6) is 0.352. The summed E-state index contributed by atoms with van der Waals surface area (Å²) < 4.78 is 18.6. The van der Waals surface area contributed by atoms with E-state index in [1.54, 1.807) is 0 Å². The van der Waals surface area contributed by atoms with Crippen molar-refractivity contribution in [3.8, 4) is 0 Å². The van der Waals surface area contributed by atoms with Gasteiger partial charge < -0.3 is 20.3 Å². The maximum absolute atomic E-state index is 13.0. The van der Waals surface area contributed by atoms with Crippen LogP contribution in [0.4, 0.5) is 10.1 Å². The van der Waals surface area contributed by atoms with Gasteiger partial charge in [-0.1, -0.05) is 30.3 Å². The molecular weight excluding hydrogens is 458 g/mol. The number of hydrogen-bond donors (Lipinski definition) is 1. The summed E-state index contributed by atoms with van der Waals surface area (Å²) in [5, 5.41) is 0. The Balaban J connectivity index is 0.00000261. The molecule has 2 aromatic rings. The van der Waals surface area contributed by atoms with Crippen LogP contribution in [-0.4, -0.2) is 50.2 Å². The third-order valence-corrected chi connectivity index (χ3v) is 4.42. The van der Waals surface area contributed by atoms with E-state index in [0.717, 1.165) is 37.4 Å². The molecule has 0 radical (unpaired) electrons. The van der Waals surface area contributed by atoms with E-state index in [9.17, 15) is 4.39 Å². The third-order valence-electron chi connectivity index (χ3n) is 4.42. The zero-order valence-electron chi connectivity index (χ0n) is 15.3. The van der Waals surface area contributed by atoms with Crippen LogP contribution < -0.4 is 10.6 Å². The number of benzene rings is 2. The van der Waals surface area contributed by atoms with Crippen LogP contribution in [0.2, 0.25) is 0 Å². The van der Waals surface area contributed by atoms with Crippen molar-refractivity contribution >= 4 is 35.6 Å². The van der Waals surface area contributed by atoms with E-state index in [1.807, 2.05) is 42.5 Å². The van der Waals surface area contributed by atoms with Gasteiger partial charge in [0.05, 0.1) is 19.8 Å². The first kappa shape index (κ1) is 21.4. The zero-order chi connectivity index (χ0) is 18.2. The van der Waals surface area contributed by atoms with Crippen LogP contribution in [0, 0.1) is 5.82 Å². The van der Waals surface area contributed by atoms with Crippen LogP contribution in [0.5, 0.6) is 0 Å². The van der Waals surface area contributed by atoms with Crippen molar-refractivity contribution in [2.24, 2.45) is 10.7 Å². The Hall–Kier alpha value is -1.87. The number of guanidine groups is 1. The van der Waals surface area contributed by atoms with Crippen LogP contribution in [0.3, 0.4) is 0 Å². The summed E-state index contributed by atoms with van der Waals surface area (Å²) >= 11 is 0. The number of nitrogens with zero attached hydrogens (tertiary/aromatic N) is 3. The average Bonchev–Trinajstić information content (AvgIpc) is 2.69. The van der Waals surface area contributed by atoms with Crippen molar-refractivity contribution in [1.29, 1.82) is 0 Å². The van der Waals surface area contributed by atoms with Gasteiger partial charge in [-0.05, 0) is 29.8 Å². The molecule has 1 heterocycles. The topological polar surface area (TPSA) is 54.1 Å². The third kappa shape index (κ3) is 6.66. The van der Waals surface area contributed by atoms with E-state index in [1.165, 1.54) is 12.1 Å². The molecule has 1 aliphatic heterocycles. The summed E-state index contributed by atoms with van der Waals surface area (Å²) in [6.45, 7) is 4.97. The molecule has 0 saturated carbocycles. The van der Waals surface area contributed by atoms with Gasteiger partial charge in [-0.3, -0.25) is 4.99 Å². The molecule has 0 aliphatic carbocycles. The fourth-order valence-electron chi connectivity index (χ4n) is 2.93. The molecule has 0 amide bonds. The number of ether oxygens (including phenoxy) is 1. The molecule has 2 aromatic carbocycles. The zero-order valence-corrected chi connectivity index (χ0v) is 17.6. The molecule has 1 fully saturated rings. The molecule has 0 atom stereocenters. The largest absolute Gasteiger partial charge is 0.375 e. The lowest BCUT2D eigenvalue weighted by Gasteiger charge is -2.36. The molecule has 0 bridgehead atoms. The summed E-state index contributed by atoms with van der Waals surface area (Å²) in [6.07, 6.45) is 0. The fourth-order valence-corrected chi connectivity index (χ4v) is 2.93. The monoisotopic (exact) mass is 484 g/mol. The predicted molar refractivity (Wildman–Crippen MR) is 118 cm³/mol. The van der Waals surface area contributed by atoms with Gasteiger partial charge in [0.15, 0.2) is 5.96 Å². The summed E-state index contributed by atoms with van der Waals surface area (Å²) in [6, 6.07) is 16.7. The first-order valence-electron chi connectivity index (χ1n) is 8.89. The predicted octanol–water partition coefficient (Wildman–Crippen LogP) is 3.10. The van der Waals surface area contributed by atoms with E-state index in [4.69, 9.17) is 10.5 Å². The van der Waals surface area contributed by atoms with Gasteiger partial charge in [0.25, 0.3) is 0 Å². The Morgan fingerprint density at radius 1 is 1.00 bits per heavy atom. The van der Waals surface area contributed by atoms with Gasteiger partial charge in [-0.2, -0.15) is 0 Å². The Morgan fingerprint density at radius 2 is 1.67 bits per heavy atom. The summed E-state index contributed by atoms with van der Waals surface area (Å²) in [4.78, 5) is 8.72. The Morgan fingerprint density at radius 3 is 2.33 bits per heavy atom. The first-order valence-corrected chi connectivity index (χ1v) is 8.89. The van der Waals surface area contributed by atoms with E-state index < -0.39 is 0 Å². The van der Waals surface area contributed by atoms with Gasteiger partial charge in [0.2, 0.25) is 0 Å². The smallest absolute Gasteiger partial charge is 0.191 e. The molecule has 7 heteroatoms. The average molecular weight is 484 g/mol. The number of nitrogens with two attached hydrogens (primary N) is 1. The van der Waals surface area contributed by atoms with Crippen molar-refractivity contribution in [2.75, 3.05) is 44.2 Å². The van der Waals surface area contributed by atoms with Crippen molar-refractivity contribution in [2.45, 2.75) is 6.61 Å². The molecule has 0 unspecified atom stereocenters. The van der Waals surface area contributed by atoms with E-state index in [2.05, 4.69) is 14.8 Å². The highest BCUT2D eigenvalue weighted by molar-refractivity contribution is 14.0. The summed E-state index contributed by atoms with van der Waals surface area (Å²) in [7, 11) is 0. The molecule has 0 spiro atoms. The Kier molecular flexibility index (Phi) is 8.80. The van der Waals surface area contributed by atoms with Crippen LogP contribution >= 0.6 is 24.0 Å². The van der Waals surface area contributed by atoms with Gasteiger partial charge >= 0.3 is 0 Å². The van der Waals surface area contributed by atoms with Crippen LogP contribution in [-0.2, 0) is 11.3 Å². The minimum atomic E-state index is -0.210. The van der Waals surface area contributed by atoms with Gasteiger partial charge in [-0.25, -0.2) is 4.39 Å². The van der Waals surface area contributed by atoms with Crippen LogP contribution in [0.1, 0.15) is 5.56 Å². The molecule has 1 saturated heterocycles. The normalized spacial score (nSPS) is 14.8. The van der Waals surface area contributed by atoms with Gasteiger partial charge in [0, 0.05) is 31.9 Å². The van der Waals surface area contributed by atoms with Crippen molar-refractivity contribution in [1.82, 2.24) is 4.90 Å². The van der Waals surface area contributed by atoms with E-state index in [-0.39, 0.29) is 29.8 Å². The lowest BCUT2D eigenvalue weighted by atomic mass is 10.2. The number of aliphatic imine (C=N–C) groups is 1. The van der Waals surface area contributed by atoms with Crippen LogP contribution in [0.25, 0.3) is 0 Å². The second-order valence-corrected chi connectivity index (χ2v) is 6.23. The van der Waals surface area contributed by atoms with Crippen molar-refractivity contribution < 1.29 is 9.13 Å². The molecule has 3 rings (SSSR count). The molecule has 5 nitrogen and oxygen atoms in total. The highest BCUT2D eigenvalue weighted by Gasteiger charge is 2.18. The quantitative estimate of drug-likeness (QED) is 0.297. The lowest BCUT2D eigenvalue weighted by Crippen LogP contribution is -2.51. The SMILES string of the molecule is I.NC(=NCCOCc1ccccc1)N1CCN(c2ccc(F)cc2)CC1. The van der Waals surface area contributed by atoms with E-state index >= 15 is 0 Å². The Labute approximate surface area is 177 Å². The number of halogens is 2. The minimum absolute atomic E-state index is 0.